The molecule has 2 heterocycles. The van der Waals surface area contributed by atoms with Gasteiger partial charge in [0.15, 0.2) is 5.43 Å². The lowest BCUT2D eigenvalue weighted by atomic mass is 10.1. The van der Waals surface area contributed by atoms with Gasteiger partial charge in [-0.25, -0.2) is 0 Å². The van der Waals surface area contributed by atoms with E-state index in [4.69, 9.17) is 11.6 Å². The second-order valence-corrected chi connectivity index (χ2v) is 6.59. The summed E-state index contributed by atoms with van der Waals surface area (Å²) in [6.07, 6.45) is 3.41. The van der Waals surface area contributed by atoms with E-state index in [9.17, 15) is 15.0 Å². The molecule has 0 radical (unpaired) electrons. The number of phenols is 2. The van der Waals surface area contributed by atoms with E-state index in [0.717, 1.165) is 11.6 Å². The fraction of sp³-hybridized carbons (Fsp3) is 0.0476. The van der Waals surface area contributed by atoms with Crippen molar-refractivity contribution in [2.24, 2.45) is 0 Å². The number of benzene rings is 2. The number of fused-ring (bicyclic) bond motifs is 1. The Morgan fingerprint density at radius 1 is 1.04 bits per heavy atom. The number of nitrogens with zero attached hydrogens (tertiary/aromatic N) is 2. The zero-order valence-electron chi connectivity index (χ0n) is 14.1. The summed E-state index contributed by atoms with van der Waals surface area (Å²) in [5, 5.41) is 20.9. The quantitative estimate of drug-likeness (QED) is 0.561. The predicted molar refractivity (Wildman–Crippen MR) is 105 cm³/mol. The number of rotatable bonds is 3. The average Bonchev–Trinajstić information content (AvgIpc) is 2.64. The van der Waals surface area contributed by atoms with Gasteiger partial charge in [-0.3, -0.25) is 9.78 Å². The van der Waals surface area contributed by atoms with Crippen molar-refractivity contribution in [3.63, 3.8) is 0 Å². The highest BCUT2D eigenvalue weighted by molar-refractivity contribution is 6.33. The van der Waals surface area contributed by atoms with Crippen molar-refractivity contribution in [1.29, 1.82) is 0 Å². The van der Waals surface area contributed by atoms with E-state index >= 15 is 0 Å². The summed E-state index contributed by atoms with van der Waals surface area (Å²) >= 11 is 6.37. The SMILES string of the molecule is O=c1cc(-c2ccccc2Cl)n(Cc2cccnc2)c2cc(O)cc(O)c12. The number of pyridine rings is 2. The van der Waals surface area contributed by atoms with Gasteiger partial charge in [-0.15, -0.1) is 0 Å². The summed E-state index contributed by atoms with van der Waals surface area (Å²) < 4.78 is 1.84. The molecule has 0 aliphatic carbocycles. The Labute approximate surface area is 159 Å². The number of aromatic nitrogens is 2. The first-order chi connectivity index (χ1) is 13.0. The third kappa shape index (κ3) is 3.13. The largest absolute Gasteiger partial charge is 0.508 e. The van der Waals surface area contributed by atoms with E-state index < -0.39 is 0 Å². The molecule has 0 aliphatic heterocycles. The van der Waals surface area contributed by atoms with E-state index in [0.29, 0.717) is 28.3 Å². The maximum Gasteiger partial charge on any atom is 0.193 e. The van der Waals surface area contributed by atoms with Gasteiger partial charge in [0, 0.05) is 47.7 Å². The van der Waals surface area contributed by atoms with Crippen LogP contribution in [0.2, 0.25) is 5.02 Å². The highest BCUT2D eigenvalue weighted by Crippen LogP contribution is 2.33. The fourth-order valence-electron chi connectivity index (χ4n) is 3.20. The lowest BCUT2D eigenvalue weighted by Gasteiger charge is -2.18. The van der Waals surface area contributed by atoms with E-state index in [-0.39, 0.29) is 22.3 Å². The molecular formula is C21H15ClN2O3. The minimum absolute atomic E-state index is 0.129. The molecule has 2 aromatic heterocycles. The minimum atomic E-state index is -0.347. The van der Waals surface area contributed by atoms with Crippen molar-refractivity contribution >= 4 is 22.5 Å². The maximum atomic E-state index is 12.7. The van der Waals surface area contributed by atoms with E-state index in [1.54, 1.807) is 18.5 Å². The Bertz CT molecular complexity index is 1200. The van der Waals surface area contributed by atoms with E-state index in [1.165, 1.54) is 12.1 Å². The van der Waals surface area contributed by atoms with Gasteiger partial charge in [0.1, 0.15) is 11.5 Å². The summed E-state index contributed by atoms with van der Waals surface area (Å²) in [5.41, 5.74) is 2.24. The number of hydrogen-bond donors (Lipinski definition) is 2. The van der Waals surface area contributed by atoms with Crippen molar-refractivity contribution in [2.75, 3.05) is 0 Å². The summed E-state index contributed by atoms with van der Waals surface area (Å²) in [4.78, 5) is 16.8. The summed E-state index contributed by atoms with van der Waals surface area (Å²) in [7, 11) is 0. The molecule has 0 saturated heterocycles. The molecule has 0 atom stereocenters. The molecule has 27 heavy (non-hydrogen) atoms. The minimum Gasteiger partial charge on any atom is -0.508 e. The molecule has 0 fully saturated rings. The molecule has 0 aliphatic rings. The Hall–Kier alpha value is -3.31. The van der Waals surface area contributed by atoms with Crippen molar-refractivity contribution < 1.29 is 10.2 Å². The van der Waals surface area contributed by atoms with Crippen molar-refractivity contribution in [2.45, 2.75) is 6.54 Å². The first kappa shape index (κ1) is 17.1. The molecule has 4 rings (SSSR count). The highest BCUT2D eigenvalue weighted by Gasteiger charge is 2.17. The first-order valence-corrected chi connectivity index (χ1v) is 8.66. The second kappa shape index (κ2) is 6.78. The predicted octanol–water partition coefficient (Wildman–Crippen LogP) is 4.18. The van der Waals surface area contributed by atoms with Gasteiger partial charge in [0.05, 0.1) is 16.6 Å². The Kier molecular flexibility index (Phi) is 4.30. The Balaban J connectivity index is 2.09. The molecule has 0 amide bonds. The summed E-state index contributed by atoms with van der Waals surface area (Å²) in [6.45, 7) is 0.383. The molecule has 4 aromatic rings. The summed E-state index contributed by atoms with van der Waals surface area (Å²) in [5.74, 6) is -0.392. The van der Waals surface area contributed by atoms with Crippen LogP contribution in [-0.4, -0.2) is 19.8 Å². The maximum absolute atomic E-state index is 12.7. The van der Waals surface area contributed by atoms with Gasteiger partial charge in [-0.2, -0.15) is 0 Å². The Morgan fingerprint density at radius 2 is 1.85 bits per heavy atom. The van der Waals surface area contributed by atoms with E-state index in [2.05, 4.69) is 4.98 Å². The number of hydrogen-bond acceptors (Lipinski definition) is 4. The lowest BCUT2D eigenvalue weighted by molar-refractivity contribution is 0.454. The number of halogens is 1. The molecule has 6 heteroatoms. The van der Waals surface area contributed by atoms with Crippen molar-refractivity contribution in [3.8, 4) is 22.8 Å². The van der Waals surface area contributed by atoms with Gasteiger partial charge in [-0.05, 0) is 17.7 Å². The van der Waals surface area contributed by atoms with Crippen LogP contribution in [0, 0.1) is 0 Å². The molecule has 2 aromatic carbocycles. The van der Waals surface area contributed by atoms with Gasteiger partial charge in [0.25, 0.3) is 0 Å². The first-order valence-electron chi connectivity index (χ1n) is 8.28. The molecule has 2 N–H and O–H groups in total. The molecule has 134 valence electrons. The topological polar surface area (TPSA) is 75.4 Å². The van der Waals surface area contributed by atoms with Gasteiger partial charge < -0.3 is 14.8 Å². The van der Waals surface area contributed by atoms with Gasteiger partial charge in [0.2, 0.25) is 0 Å². The highest BCUT2D eigenvalue weighted by atomic mass is 35.5. The zero-order valence-corrected chi connectivity index (χ0v) is 14.9. The average molecular weight is 379 g/mol. The molecule has 0 bridgehead atoms. The lowest BCUT2D eigenvalue weighted by Crippen LogP contribution is -2.13. The molecule has 0 spiro atoms. The third-order valence-electron chi connectivity index (χ3n) is 4.39. The molecule has 0 unspecified atom stereocenters. The second-order valence-electron chi connectivity index (χ2n) is 6.18. The van der Waals surface area contributed by atoms with Crippen LogP contribution in [0.3, 0.4) is 0 Å². The molecule has 5 nitrogen and oxygen atoms in total. The van der Waals surface area contributed by atoms with Crippen LogP contribution in [0.1, 0.15) is 5.56 Å². The molecular weight excluding hydrogens is 364 g/mol. The Morgan fingerprint density at radius 3 is 2.59 bits per heavy atom. The van der Waals surface area contributed by atoms with Crippen LogP contribution < -0.4 is 5.43 Å². The summed E-state index contributed by atoms with van der Waals surface area (Å²) in [6, 6.07) is 15.0. The van der Waals surface area contributed by atoms with E-state index in [1.807, 2.05) is 34.9 Å². The number of phenolic OH excluding ortho intramolecular Hbond substituents is 2. The third-order valence-corrected chi connectivity index (χ3v) is 4.72. The standard InChI is InChI=1S/C21H15ClN2O3/c22-16-6-2-1-5-15(16)17-10-20(27)21-18(8-14(25)9-19(21)26)24(17)12-13-4-3-7-23-11-13/h1-11,25-26H,12H2. The normalized spacial score (nSPS) is 11.0. The smallest absolute Gasteiger partial charge is 0.193 e. The fourth-order valence-corrected chi connectivity index (χ4v) is 3.44. The van der Waals surface area contributed by atoms with Crippen LogP contribution in [0.4, 0.5) is 0 Å². The van der Waals surface area contributed by atoms with Crippen LogP contribution >= 0.6 is 11.6 Å². The van der Waals surface area contributed by atoms with Crippen LogP contribution in [0.25, 0.3) is 22.2 Å². The van der Waals surface area contributed by atoms with Gasteiger partial charge >= 0.3 is 0 Å². The van der Waals surface area contributed by atoms with Crippen molar-refractivity contribution in [1.82, 2.24) is 9.55 Å². The van der Waals surface area contributed by atoms with Crippen LogP contribution in [0.5, 0.6) is 11.5 Å². The van der Waals surface area contributed by atoms with Crippen LogP contribution in [0.15, 0.2) is 71.8 Å². The van der Waals surface area contributed by atoms with Gasteiger partial charge in [-0.1, -0.05) is 35.9 Å². The monoisotopic (exact) mass is 378 g/mol. The van der Waals surface area contributed by atoms with Crippen molar-refractivity contribution in [3.05, 3.63) is 87.8 Å². The zero-order chi connectivity index (χ0) is 19.0. The molecule has 0 saturated carbocycles. The van der Waals surface area contributed by atoms with Crippen LogP contribution in [-0.2, 0) is 6.54 Å². The number of aromatic hydroxyl groups is 2.